The molecule has 1 saturated heterocycles. The number of carboxylic acids is 1. The maximum Gasteiger partial charge on any atom is 0.357 e. The Labute approximate surface area is 128 Å². The van der Waals surface area contributed by atoms with Crippen molar-refractivity contribution in [1.29, 1.82) is 0 Å². The van der Waals surface area contributed by atoms with Crippen molar-refractivity contribution in [3.05, 3.63) is 30.0 Å². The van der Waals surface area contributed by atoms with Gasteiger partial charge in [-0.3, -0.25) is 0 Å². The molecule has 1 N–H and O–H groups in total. The quantitative estimate of drug-likeness (QED) is 0.934. The zero-order valence-corrected chi connectivity index (χ0v) is 11.8. The first kappa shape index (κ1) is 15.3. The second-order valence-corrected chi connectivity index (χ2v) is 5.22. The number of hydrogen-bond donors (Lipinski definition) is 1. The Balaban J connectivity index is 1.82. The maximum atomic E-state index is 14.2. The van der Waals surface area contributed by atoms with E-state index in [1.54, 1.807) is 0 Å². The molecular weight excluding hydrogens is 315 g/mol. The summed E-state index contributed by atoms with van der Waals surface area (Å²) in [6.45, 7) is 0.0247. The Kier molecular flexibility index (Phi) is 3.70. The van der Waals surface area contributed by atoms with Gasteiger partial charge in [0.15, 0.2) is 17.3 Å². The van der Waals surface area contributed by atoms with Gasteiger partial charge in [0.05, 0.1) is 5.56 Å². The highest BCUT2D eigenvalue weighted by Crippen LogP contribution is 2.31. The van der Waals surface area contributed by atoms with Gasteiger partial charge >= 0.3 is 5.97 Å². The van der Waals surface area contributed by atoms with Crippen molar-refractivity contribution in [3.8, 4) is 11.5 Å². The zero-order chi connectivity index (χ0) is 16.6. The molecule has 0 saturated carbocycles. The van der Waals surface area contributed by atoms with Gasteiger partial charge in [-0.15, -0.1) is 0 Å². The van der Waals surface area contributed by atoms with E-state index in [0.717, 1.165) is 12.3 Å². The summed E-state index contributed by atoms with van der Waals surface area (Å²) < 4.78 is 45.4. The number of halogens is 3. The van der Waals surface area contributed by atoms with Gasteiger partial charge in [0.1, 0.15) is 6.26 Å². The number of piperidine rings is 1. The SMILES string of the molecule is O=C(O)c1coc(-c2cnc(N3CCC(F)(F)CC3)c(F)c2)n1. The summed E-state index contributed by atoms with van der Waals surface area (Å²) in [4.78, 5) is 19.8. The predicted octanol–water partition coefficient (Wildman–Crippen LogP) is 2.81. The molecule has 3 rings (SSSR count). The summed E-state index contributed by atoms with van der Waals surface area (Å²) in [5, 5.41) is 8.78. The molecule has 122 valence electrons. The number of aromatic nitrogens is 2. The van der Waals surface area contributed by atoms with Crippen LogP contribution in [0.5, 0.6) is 0 Å². The van der Waals surface area contributed by atoms with Crippen molar-refractivity contribution >= 4 is 11.8 Å². The average Bonchev–Trinajstić information content (AvgIpc) is 2.98. The molecule has 2 aromatic rings. The van der Waals surface area contributed by atoms with Crippen molar-refractivity contribution in [2.75, 3.05) is 18.0 Å². The zero-order valence-electron chi connectivity index (χ0n) is 11.8. The van der Waals surface area contributed by atoms with E-state index in [4.69, 9.17) is 9.52 Å². The van der Waals surface area contributed by atoms with Gasteiger partial charge in [-0.2, -0.15) is 0 Å². The van der Waals surface area contributed by atoms with Crippen LogP contribution < -0.4 is 4.90 Å². The lowest BCUT2D eigenvalue weighted by molar-refractivity contribution is -0.0222. The second-order valence-electron chi connectivity index (χ2n) is 5.22. The lowest BCUT2D eigenvalue weighted by atomic mass is 10.1. The molecule has 0 aliphatic carbocycles. The fraction of sp³-hybridized carbons (Fsp3) is 0.357. The number of oxazole rings is 1. The number of anilines is 1. The van der Waals surface area contributed by atoms with Crippen LogP contribution in [0.3, 0.4) is 0 Å². The molecule has 23 heavy (non-hydrogen) atoms. The van der Waals surface area contributed by atoms with Crippen LogP contribution in [0.2, 0.25) is 0 Å². The van der Waals surface area contributed by atoms with Gasteiger partial charge in [-0.25, -0.2) is 27.9 Å². The van der Waals surface area contributed by atoms with E-state index in [0.29, 0.717) is 0 Å². The minimum absolute atomic E-state index is 0.0123. The number of nitrogens with zero attached hydrogens (tertiary/aromatic N) is 3. The van der Waals surface area contributed by atoms with Crippen molar-refractivity contribution in [1.82, 2.24) is 9.97 Å². The van der Waals surface area contributed by atoms with E-state index in [2.05, 4.69) is 9.97 Å². The fourth-order valence-corrected chi connectivity index (χ4v) is 2.33. The summed E-state index contributed by atoms with van der Waals surface area (Å²) in [5.41, 5.74) is -0.135. The van der Waals surface area contributed by atoms with E-state index in [1.807, 2.05) is 0 Å². The van der Waals surface area contributed by atoms with Crippen LogP contribution in [0, 0.1) is 5.82 Å². The van der Waals surface area contributed by atoms with Gasteiger partial charge in [0.25, 0.3) is 5.92 Å². The number of aromatic carboxylic acids is 1. The van der Waals surface area contributed by atoms with Crippen LogP contribution in [0.15, 0.2) is 22.9 Å². The Bertz CT molecular complexity index is 738. The Morgan fingerprint density at radius 1 is 1.35 bits per heavy atom. The molecule has 0 spiro atoms. The van der Waals surface area contributed by atoms with Gasteiger partial charge in [0.2, 0.25) is 5.89 Å². The second kappa shape index (κ2) is 5.56. The molecule has 2 aromatic heterocycles. The summed E-state index contributed by atoms with van der Waals surface area (Å²) in [7, 11) is 0. The van der Waals surface area contributed by atoms with Gasteiger partial charge < -0.3 is 14.4 Å². The lowest BCUT2D eigenvalue weighted by Crippen LogP contribution is -2.40. The van der Waals surface area contributed by atoms with E-state index in [1.165, 1.54) is 11.1 Å². The minimum atomic E-state index is -2.72. The monoisotopic (exact) mass is 327 g/mol. The highest BCUT2D eigenvalue weighted by Gasteiger charge is 2.35. The van der Waals surface area contributed by atoms with E-state index < -0.39 is 17.7 Å². The third-order valence-corrected chi connectivity index (χ3v) is 3.59. The topological polar surface area (TPSA) is 79.5 Å². The van der Waals surface area contributed by atoms with Crippen molar-refractivity contribution in [3.63, 3.8) is 0 Å². The molecule has 1 fully saturated rings. The first-order valence-electron chi connectivity index (χ1n) is 6.83. The summed E-state index contributed by atoms with van der Waals surface area (Å²) in [5.74, 6) is -4.79. The molecule has 0 amide bonds. The Hall–Kier alpha value is -2.58. The molecule has 1 aliphatic rings. The fourth-order valence-electron chi connectivity index (χ4n) is 2.33. The van der Waals surface area contributed by atoms with Crippen LogP contribution in [-0.2, 0) is 0 Å². The van der Waals surface area contributed by atoms with Crippen molar-refractivity contribution in [2.45, 2.75) is 18.8 Å². The Morgan fingerprint density at radius 2 is 2.04 bits per heavy atom. The number of alkyl halides is 2. The normalized spacial score (nSPS) is 17.3. The predicted molar refractivity (Wildman–Crippen MR) is 73.0 cm³/mol. The van der Waals surface area contributed by atoms with Crippen LogP contribution in [0.25, 0.3) is 11.5 Å². The van der Waals surface area contributed by atoms with Crippen molar-refractivity contribution < 1.29 is 27.5 Å². The lowest BCUT2D eigenvalue weighted by Gasteiger charge is -2.32. The summed E-state index contributed by atoms with van der Waals surface area (Å²) >= 11 is 0. The van der Waals surface area contributed by atoms with Gasteiger partial charge in [-0.1, -0.05) is 0 Å². The largest absolute Gasteiger partial charge is 0.476 e. The molecule has 9 heteroatoms. The van der Waals surface area contributed by atoms with E-state index in [-0.39, 0.29) is 48.9 Å². The number of carboxylic acid groups (broad SMARTS) is 1. The standard InChI is InChI=1S/C14H12F3N3O3/c15-9-5-8(12-19-10(7-23-12)13(21)22)6-18-11(9)20-3-1-14(16,17)2-4-20/h5-7H,1-4H2,(H,21,22). The summed E-state index contributed by atoms with van der Waals surface area (Å²) in [6.07, 6.45) is 1.51. The third-order valence-electron chi connectivity index (χ3n) is 3.59. The third kappa shape index (κ3) is 3.13. The highest BCUT2D eigenvalue weighted by molar-refractivity contribution is 5.85. The molecule has 0 bridgehead atoms. The van der Waals surface area contributed by atoms with Crippen LogP contribution in [0.1, 0.15) is 23.3 Å². The molecule has 0 aromatic carbocycles. The van der Waals surface area contributed by atoms with Crippen LogP contribution >= 0.6 is 0 Å². The molecular formula is C14H12F3N3O3. The minimum Gasteiger partial charge on any atom is -0.476 e. The first-order chi connectivity index (χ1) is 10.9. The molecule has 0 radical (unpaired) electrons. The number of rotatable bonds is 3. The van der Waals surface area contributed by atoms with E-state index >= 15 is 0 Å². The smallest absolute Gasteiger partial charge is 0.357 e. The summed E-state index contributed by atoms with van der Waals surface area (Å²) in [6, 6.07) is 1.09. The molecule has 0 unspecified atom stereocenters. The molecule has 3 heterocycles. The van der Waals surface area contributed by atoms with Crippen LogP contribution in [-0.4, -0.2) is 40.1 Å². The molecule has 0 atom stereocenters. The number of pyridine rings is 1. The number of carbonyl (C=O) groups is 1. The van der Waals surface area contributed by atoms with Gasteiger partial charge in [0, 0.05) is 32.1 Å². The highest BCUT2D eigenvalue weighted by atomic mass is 19.3. The molecule has 1 aliphatic heterocycles. The van der Waals surface area contributed by atoms with Crippen molar-refractivity contribution in [2.24, 2.45) is 0 Å². The molecule has 6 nitrogen and oxygen atoms in total. The number of hydrogen-bond acceptors (Lipinski definition) is 5. The average molecular weight is 327 g/mol. The maximum absolute atomic E-state index is 14.2. The first-order valence-corrected chi connectivity index (χ1v) is 6.83. The van der Waals surface area contributed by atoms with Gasteiger partial charge in [-0.05, 0) is 6.07 Å². The Morgan fingerprint density at radius 3 is 2.61 bits per heavy atom. The van der Waals surface area contributed by atoms with E-state index in [9.17, 15) is 18.0 Å². The van der Waals surface area contributed by atoms with Crippen LogP contribution in [0.4, 0.5) is 19.0 Å².